The van der Waals surface area contributed by atoms with Crippen LogP contribution in [0.1, 0.15) is 0 Å². The van der Waals surface area contributed by atoms with Gasteiger partial charge in [-0.3, -0.25) is 4.40 Å². The monoisotopic (exact) mass is 220 g/mol. The molecule has 0 saturated heterocycles. The molecule has 0 bridgehead atoms. The molecule has 2 aromatic heterocycles. The SMILES string of the molecule is Fc1cc2c(cc1Cl)nc1ccccn12. The Hall–Kier alpha value is -1.61. The molecule has 15 heavy (non-hydrogen) atoms. The fourth-order valence-corrected chi connectivity index (χ4v) is 1.82. The summed E-state index contributed by atoms with van der Waals surface area (Å²) in [6.45, 7) is 0. The van der Waals surface area contributed by atoms with E-state index >= 15 is 0 Å². The number of fused-ring (bicyclic) bond motifs is 3. The van der Waals surface area contributed by atoms with E-state index in [0.717, 1.165) is 11.2 Å². The van der Waals surface area contributed by atoms with Crippen LogP contribution in [0, 0.1) is 5.82 Å². The van der Waals surface area contributed by atoms with E-state index in [9.17, 15) is 4.39 Å². The molecular weight excluding hydrogens is 215 g/mol. The lowest BCUT2D eigenvalue weighted by Crippen LogP contribution is -1.83. The summed E-state index contributed by atoms with van der Waals surface area (Å²) < 4.78 is 15.1. The molecule has 0 fully saturated rings. The topological polar surface area (TPSA) is 17.3 Å². The average Bonchev–Trinajstić information content (AvgIpc) is 2.57. The Balaban J connectivity index is 2.56. The third-order valence-corrected chi connectivity index (χ3v) is 2.64. The van der Waals surface area contributed by atoms with Crippen molar-refractivity contribution in [2.45, 2.75) is 0 Å². The first kappa shape index (κ1) is 8.68. The summed E-state index contributed by atoms with van der Waals surface area (Å²) in [6.07, 6.45) is 1.85. The summed E-state index contributed by atoms with van der Waals surface area (Å²) in [4.78, 5) is 4.33. The summed E-state index contributed by atoms with van der Waals surface area (Å²) in [5.41, 5.74) is 2.22. The van der Waals surface area contributed by atoms with E-state index in [2.05, 4.69) is 4.98 Å². The van der Waals surface area contributed by atoms with E-state index in [1.54, 1.807) is 6.07 Å². The second-order valence-electron chi connectivity index (χ2n) is 3.30. The van der Waals surface area contributed by atoms with Crippen LogP contribution in [0.4, 0.5) is 4.39 Å². The first-order chi connectivity index (χ1) is 7.25. The highest BCUT2D eigenvalue weighted by atomic mass is 35.5. The lowest BCUT2D eigenvalue weighted by molar-refractivity contribution is 0.629. The molecule has 0 aliphatic carbocycles. The summed E-state index contributed by atoms with van der Waals surface area (Å²) in [7, 11) is 0. The zero-order valence-corrected chi connectivity index (χ0v) is 8.37. The van der Waals surface area contributed by atoms with Crippen LogP contribution in [-0.4, -0.2) is 9.38 Å². The van der Waals surface area contributed by atoms with Crippen molar-refractivity contribution >= 4 is 28.3 Å². The molecule has 0 saturated carbocycles. The van der Waals surface area contributed by atoms with Gasteiger partial charge in [-0.1, -0.05) is 17.7 Å². The molecule has 0 atom stereocenters. The Morgan fingerprint density at radius 2 is 2.13 bits per heavy atom. The molecule has 2 nitrogen and oxygen atoms in total. The van der Waals surface area contributed by atoms with Crippen LogP contribution in [0.15, 0.2) is 36.5 Å². The molecule has 0 aliphatic rings. The highest BCUT2D eigenvalue weighted by Gasteiger charge is 2.07. The fourth-order valence-electron chi connectivity index (χ4n) is 1.66. The summed E-state index contributed by atoms with van der Waals surface area (Å²) >= 11 is 5.69. The summed E-state index contributed by atoms with van der Waals surface area (Å²) in [5, 5.41) is 0.103. The van der Waals surface area contributed by atoms with E-state index < -0.39 is 5.82 Å². The van der Waals surface area contributed by atoms with Gasteiger partial charge in [0.15, 0.2) is 0 Å². The lowest BCUT2D eigenvalue weighted by atomic mass is 10.3. The van der Waals surface area contributed by atoms with E-state index in [1.165, 1.54) is 6.07 Å². The number of nitrogens with zero attached hydrogens (tertiary/aromatic N) is 2. The molecule has 4 heteroatoms. The average molecular weight is 221 g/mol. The van der Waals surface area contributed by atoms with Gasteiger partial charge in [-0.2, -0.15) is 0 Å². The van der Waals surface area contributed by atoms with Crippen molar-refractivity contribution in [2.24, 2.45) is 0 Å². The van der Waals surface area contributed by atoms with E-state index in [4.69, 9.17) is 11.6 Å². The van der Waals surface area contributed by atoms with Crippen LogP contribution in [0.2, 0.25) is 5.02 Å². The molecule has 3 aromatic rings. The first-order valence-electron chi connectivity index (χ1n) is 4.47. The minimum atomic E-state index is -0.421. The molecule has 0 spiro atoms. The van der Waals surface area contributed by atoms with Gasteiger partial charge in [-0.05, 0) is 18.2 Å². The third-order valence-electron chi connectivity index (χ3n) is 2.35. The van der Waals surface area contributed by atoms with Crippen molar-refractivity contribution in [3.8, 4) is 0 Å². The maximum absolute atomic E-state index is 13.3. The number of imidazole rings is 1. The summed E-state index contributed by atoms with van der Waals surface area (Å²) in [6, 6.07) is 8.57. The molecule has 2 heterocycles. The van der Waals surface area contributed by atoms with Gasteiger partial charge in [0.1, 0.15) is 11.5 Å². The van der Waals surface area contributed by atoms with E-state index in [0.29, 0.717) is 5.52 Å². The Morgan fingerprint density at radius 1 is 1.27 bits per heavy atom. The van der Waals surface area contributed by atoms with Gasteiger partial charge in [-0.15, -0.1) is 0 Å². The molecule has 0 radical (unpaired) electrons. The fraction of sp³-hybridized carbons (Fsp3) is 0. The molecule has 3 rings (SSSR count). The lowest BCUT2D eigenvalue weighted by Gasteiger charge is -1.95. The minimum Gasteiger partial charge on any atom is -0.300 e. The van der Waals surface area contributed by atoms with Crippen molar-refractivity contribution in [1.29, 1.82) is 0 Å². The number of hydrogen-bond donors (Lipinski definition) is 0. The number of pyridine rings is 1. The predicted molar refractivity (Wildman–Crippen MR) is 57.7 cm³/mol. The molecule has 0 aliphatic heterocycles. The summed E-state index contributed by atoms with van der Waals surface area (Å²) in [5.74, 6) is -0.421. The maximum atomic E-state index is 13.3. The number of rotatable bonds is 0. The number of aromatic nitrogens is 2. The Labute approximate surface area is 89.9 Å². The third kappa shape index (κ3) is 1.20. The predicted octanol–water partition coefficient (Wildman–Crippen LogP) is 3.28. The standard InChI is InChI=1S/C11H6ClFN2/c12-7-5-9-10(6-8(7)13)15-4-2-1-3-11(15)14-9/h1-6H. The van der Waals surface area contributed by atoms with Crippen molar-refractivity contribution in [1.82, 2.24) is 9.38 Å². The van der Waals surface area contributed by atoms with E-state index in [1.807, 2.05) is 28.8 Å². The zero-order valence-electron chi connectivity index (χ0n) is 7.61. The maximum Gasteiger partial charge on any atom is 0.144 e. The minimum absolute atomic E-state index is 0.103. The van der Waals surface area contributed by atoms with Crippen molar-refractivity contribution < 1.29 is 4.39 Å². The van der Waals surface area contributed by atoms with E-state index in [-0.39, 0.29) is 5.02 Å². The highest BCUT2D eigenvalue weighted by Crippen LogP contribution is 2.23. The first-order valence-corrected chi connectivity index (χ1v) is 4.85. The number of benzene rings is 1. The van der Waals surface area contributed by atoms with Gasteiger partial charge in [0.2, 0.25) is 0 Å². The number of hydrogen-bond acceptors (Lipinski definition) is 1. The smallest absolute Gasteiger partial charge is 0.144 e. The molecule has 0 N–H and O–H groups in total. The second-order valence-corrected chi connectivity index (χ2v) is 3.70. The molecule has 1 aromatic carbocycles. The van der Waals surface area contributed by atoms with Gasteiger partial charge in [0.05, 0.1) is 16.1 Å². The highest BCUT2D eigenvalue weighted by molar-refractivity contribution is 6.31. The van der Waals surface area contributed by atoms with Gasteiger partial charge < -0.3 is 0 Å². The van der Waals surface area contributed by atoms with Gasteiger partial charge in [0, 0.05) is 12.3 Å². The van der Waals surface area contributed by atoms with Crippen LogP contribution in [-0.2, 0) is 0 Å². The van der Waals surface area contributed by atoms with Gasteiger partial charge >= 0.3 is 0 Å². The van der Waals surface area contributed by atoms with Gasteiger partial charge in [0.25, 0.3) is 0 Å². The van der Waals surface area contributed by atoms with Crippen LogP contribution >= 0.6 is 11.6 Å². The molecular formula is C11H6ClFN2. The van der Waals surface area contributed by atoms with Crippen molar-refractivity contribution in [3.05, 3.63) is 47.4 Å². The molecule has 0 unspecified atom stereocenters. The van der Waals surface area contributed by atoms with Crippen LogP contribution < -0.4 is 0 Å². The molecule has 0 amide bonds. The Bertz CT molecular complexity index is 660. The normalized spacial score (nSPS) is 11.3. The van der Waals surface area contributed by atoms with Crippen molar-refractivity contribution in [2.75, 3.05) is 0 Å². The molecule has 74 valence electrons. The largest absolute Gasteiger partial charge is 0.300 e. The number of halogens is 2. The van der Waals surface area contributed by atoms with Crippen molar-refractivity contribution in [3.63, 3.8) is 0 Å². The quantitative estimate of drug-likeness (QED) is 0.568. The van der Waals surface area contributed by atoms with Gasteiger partial charge in [-0.25, -0.2) is 9.37 Å². The van der Waals surface area contributed by atoms with Crippen LogP contribution in [0.5, 0.6) is 0 Å². The Kier molecular flexibility index (Phi) is 1.70. The zero-order chi connectivity index (χ0) is 10.4. The Morgan fingerprint density at radius 3 is 3.00 bits per heavy atom. The van der Waals surface area contributed by atoms with Crippen LogP contribution in [0.3, 0.4) is 0 Å². The second kappa shape index (κ2) is 2.94. The van der Waals surface area contributed by atoms with Crippen LogP contribution in [0.25, 0.3) is 16.7 Å².